The van der Waals surface area contributed by atoms with Gasteiger partial charge in [-0.2, -0.15) is 0 Å². The number of carbonyl (C=O) groups excluding carboxylic acids is 1. The molecule has 0 aliphatic carbocycles. The van der Waals surface area contributed by atoms with Gasteiger partial charge in [0, 0.05) is 39.9 Å². The van der Waals surface area contributed by atoms with Gasteiger partial charge < -0.3 is 20.0 Å². The van der Waals surface area contributed by atoms with Gasteiger partial charge in [-0.05, 0) is 25.1 Å². The standard InChI is InChI=1S/C26H21F2NO5/c1-14(30)15-5-6-16(11-23(31)32)22(10-15)34-13-18-9-21(26-20(25(18)28)7-8-33-26)19-4-2-3-17(12-29)24(19)27/h2-10H,11-13,29H2,1H3,(H,31,32). The lowest BCUT2D eigenvalue weighted by Gasteiger charge is -2.14. The fraction of sp³-hybridized carbons (Fsp3) is 0.154. The summed E-state index contributed by atoms with van der Waals surface area (Å²) in [5, 5.41) is 9.34. The van der Waals surface area contributed by atoms with E-state index in [9.17, 15) is 14.7 Å². The zero-order chi connectivity index (χ0) is 24.4. The summed E-state index contributed by atoms with van der Waals surface area (Å²) >= 11 is 0. The lowest BCUT2D eigenvalue weighted by molar-refractivity contribution is -0.136. The number of benzene rings is 3. The van der Waals surface area contributed by atoms with Crippen LogP contribution in [0.4, 0.5) is 8.78 Å². The van der Waals surface area contributed by atoms with Crippen LogP contribution >= 0.6 is 0 Å². The molecule has 0 spiro atoms. The monoisotopic (exact) mass is 465 g/mol. The molecule has 0 saturated carbocycles. The number of carbonyl (C=O) groups is 2. The van der Waals surface area contributed by atoms with Crippen molar-refractivity contribution >= 4 is 22.7 Å². The smallest absolute Gasteiger partial charge is 0.307 e. The predicted octanol–water partition coefficient (Wildman–Crippen LogP) is 5.25. The van der Waals surface area contributed by atoms with Crippen molar-refractivity contribution in [3.8, 4) is 16.9 Å². The second-order valence-electron chi connectivity index (χ2n) is 7.78. The number of halogens is 2. The maximum Gasteiger partial charge on any atom is 0.307 e. The Morgan fingerprint density at radius 2 is 1.79 bits per heavy atom. The molecule has 4 rings (SSSR count). The van der Waals surface area contributed by atoms with Crippen molar-refractivity contribution in [3.63, 3.8) is 0 Å². The second-order valence-corrected chi connectivity index (χ2v) is 7.78. The van der Waals surface area contributed by atoms with Crippen molar-refractivity contribution in [3.05, 3.63) is 88.7 Å². The molecule has 0 unspecified atom stereocenters. The number of furan rings is 1. The molecule has 0 aliphatic rings. The number of rotatable bonds is 8. The average molecular weight is 465 g/mol. The van der Waals surface area contributed by atoms with Gasteiger partial charge in [-0.15, -0.1) is 0 Å². The first kappa shape index (κ1) is 23.1. The molecule has 1 aromatic heterocycles. The van der Waals surface area contributed by atoms with Crippen LogP contribution in [0.25, 0.3) is 22.1 Å². The summed E-state index contributed by atoms with van der Waals surface area (Å²) < 4.78 is 41.5. The van der Waals surface area contributed by atoms with E-state index in [1.165, 1.54) is 43.5 Å². The first-order valence-corrected chi connectivity index (χ1v) is 10.4. The fourth-order valence-corrected chi connectivity index (χ4v) is 3.79. The molecule has 8 heteroatoms. The van der Waals surface area contributed by atoms with Gasteiger partial charge in [-0.3, -0.25) is 9.59 Å². The zero-order valence-electron chi connectivity index (χ0n) is 18.2. The van der Waals surface area contributed by atoms with Gasteiger partial charge in [0.1, 0.15) is 29.6 Å². The largest absolute Gasteiger partial charge is 0.488 e. The van der Waals surface area contributed by atoms with Gasteiger partial charge >= 0.3 is 5.97 Å². The number of ketones is 1. The summed E-state index contributed by atoms with van der Waals surface area (Å²) in [4.78, 5) is 23.0. The summed E-state index contributed by atoms with van der Waals surface area (Å²) in [6, 6.07) is 12.1. The summed E-state index contributed by atoms with van der Waals surface area (Å²) in [5.74, 6) is -2.29. The van der Waals surface area contributed by atoms with E-state index in [1.807, 2.05) is 0 Å². The average Bonchev–Trinajstić information content (AvgIpc) is 3.30. The Balaban J connectivity index is 1.77. The fourth-order valence-electron chi connectivity index (χ4n) is 3.79. The minimum atomic E-state index is -1.08. The molecule has 1 heterocycles. The SMILES string of the molecule is CC(=O)c1ccc(CC(=O)O)c(OCc2cc(-c3cccc(CN)c3F)c3occc3c2F)c1. The van der Waals surface area contributed by atoms with Crippen molar-refractivity contribution < 1.29 is 32.6 Å². The number of hydrogen-bond donors (Lipinski definition) is 2. The molecular weight excluding hydrogens is 444 g/mol. The molecule has 0 saturated heterocycles. The van der Waals surface area contributed by atoms with Crippen molar-refractivity contribution in [2.75, 3.05) is 0 Å². The minimum absolute atomic E-state index is 0.00300. The summed E-state index contributed by atoms with van der Waals surface area (Å²) in [7, 11) is 0. The highest BCUT2D eigenvalue weighted by molar-refractivity contribution is 5.95. The molecule has 174 valence electrons. The van der Waals surface area contributed by atoms with Crippen molar-refractivity contribution in [2.24, 2.45) is 5.73 Å². The molecule has 0 amide bonds. The highest BCUT2D eigenvalue weighted by Gasteiger charge is 2.20. The van der Waals surface area contributed by atoms with E-state index in [0.29, 0.717) is 22.3 Å². The second kappa shape index (κ2) is 9.44. The maximum atomic E-state index is 15.3. The molecule has 4 aromatic rings. The van der Waals surface area contributed by atoms with E-state index in [-0.39, 0.29) is 53.2 Å². The molecule has 34 heavy (non-hydrogen) atoms. The van der Waals surface area contributed by atoms with Gasteiger partial charge in [-0.1, -0.05) is 30.3 Å². The van der Waals surface area contributed by atoms with Crippen LogP contribution in [-0.2, 0) is 24.4 Å². The van der Waals surface area contributed by atoms with Crippen LogP contribution in [0.15, 0.2) is 59.2 Å². The van der Waals surface area contributed by atoms with Gasteiger partial charge in [0.2, 0.25) is 0 Å². The number of aliphatic carboxylic acids is 1. The third-order valence-corrected chi connectivity index (χ3v) is 5.53. The molecule has 6 nitrogen and oxygen atoms in total. The molecule has 0 bridgehead atoms. The number of nitrogens with two attached hydrogens (primary N) is 1. The van der Waals surface area contributed by atoms with E-state index in [0.717, 1.165) is 0 Å². The topological polar surface area (TPSA) is 103 Å². The Morgan fingerprint density at radius 3 is 2.50 bits per heavy atom. The molecular formula is C26H21F2NO5. The van der Waals surface area contributed by atoms with Crippen LogP contribution in [0.1, 0.15) is 34.0 Å². The van der Waals surface area contributed by atoms with Crippen LogP contribution in [0.2, 0.25) is 0 Å². The van der Waals surface area contributed by atoms with Gasteiger partial charge in [0.05, 0.1) is 18.1 Å². The Labute approximate surface area is 193 Å². The van der Waals surface area contributed by atoms with E-state index >= 15 is 8.78 Å². The molecule has 0 atom stereocenters. The van der Waals surface area contributed by atoms with Crippen molar-refractivity contribution in [1.82, 2.24) is 0 Å². The lowest BCUT2D eigenvalue weighted by atomic mass is 9.97. The summed E-state index contributed by atoms with van der Waals surface area (Å²) in [6.45, 7) is 1.09. The van der Waals surface area contributed by atoms with Crippen molar-refractivity contribution in [1.29, 1.82) is 0 Å². The van der Waals surface area contributed by atoms with Crippen LogP contribution < -0.4 is 10.5 Å². The van der Waals surface area contributed by atoms with Crippen LogP contribution in [0.5, 0.6) is 5.75 Å². The molecule has 3 N–H and O–H groups in total. The normalized spacial score (nSPS) is 11.1. The summed E-state index contributed by atoms with van der Waals surface area (Å²) in [6.07, 6.45) is 0.979. The third kappa shape index (κ3) is 4.40. The Hall–Kier alpha value is -4.04. The van der Waals surface area contributed by atoms with E-state index in [2.05, 4.69) is 0 Å². The number of fused-ring (bicyclic) bond motifs is 1. The third-order valence-electron chi connectivity index (χ3n) is 5.53. The highest BCUT2D eigenvalue weighted by Crippen LogP contribution is 2.36. The van der Waals surface area contributed by atoms with E-state index < -0.39 is 17.6 Å². The molecule has 0 fully saturated rings. The Kier molecular flexibility index (Phi) is 6.43. The van der Waals surface area contributed by atoms with Crippen molar-refractivity contribution in [2.45, 2.75) is 26.5 Å². The molecule has 3 aromatic carbocycles. The number of hydrogen-bond acceptors (Lipinski definition) is 5. The Morgan fingerprint density at radius 1 is 1.00 bits per heavy atom. The van der Waals surface area contributed by atoms with Gasteiger partial charge in [0.25, 0.3) is 0 Å². The summed E-state index contributed by atoms with van der Waals surface area (Å²) in [5.41, 5.74) is 7.42. The lowest BCUT2D eigenvalue weighted by Crippen LogP contribution is -2.07. The minimum Gasteiger partial charge on any atom is -0.488 e. The maximum absolute atomic E-state index is 15.3. The number of carboxylic acid groups (broad SMARTS) is 1. The van der Waals surface area contributed by atoms with Crippen LogP contribution in [-0.4, -0.2) is 16.9 Å². The zero-order valence-corrected chi connectivity index (χ0v) is 18.2. The van der Waals surface area contributed by atoms with Gasteiger partial charge in [0.15, 0.2) is 5.78 Å². The first-order chi connectivity index (χ1) is 16.3. The number of carboxylic acids is 1. The Bertz CT molecular complexity index is 1410. The highest BCUT2D eigenvalue weighted by atomic mass is 19.1. The van der Waals surface area contributed by atoms with E-state index in [4.69, 9.17) is 14.9 Å². The number of Topliss-reactive ketones (excluding diaryl/α,β-unsaturated/α-hetero) is 1. The predicted molar refractivity (Wildman–Crippen MR) is 122 cm³/mol. The first-order valence-electron chi connectivity index (χ1n) is 10.4. The molecule has 0 aliphatic heterocycles. The van der Waals surface area contributed by atoms with Crippen LogP contribution in [0, 0.1) is 11.6 Å². The van der Waals surface area contributed by atoms with Gasteiger partial charge in [-0.25, -0.2) is 8.78 Å². The number of ether oxygens (including phenoxy) is 1. The van der Waals surface area contributed by atoms with Crippen LogP contribution in [0.3, 0.4) is 0 Å². The van der Waals surface area contributed by atoms with E-state index in [1.54, 1.807) is 18.2 Å². The quantitative estimate of drug-likeness (QED) is 0.345. The molecule has 0 radical (unpaired) electrons.